The highest BCUT2D eigenvalue weighted by Crippen LogP contribution is 2.32. The number of nitrogens with zero attached hydrogens (tertiary/aromatic N) is 1. The lowest BCUT2D eigenvalue weighted by Crippen LogP contribution is -2.50. The van der Waals surface area contributed by atoms with Gasteiger partial charge in [0.15, 0.2) is 11.5 Å². The van der Waals surface area contributed by atoms with E-state index < -0.39 is 0 Å². The number of hydrogen-bond acceptors (Lipinski definition) is 7. The van der Waals surface area contributed by atoms with Crippen molar-refractivity contribution < 1.29 is 23.8 Å². The van der Waals surface area contributed by atoms with Gasteiger partial charge in [-0.15, -0.1) is 0 Å². The molecule has 1 N–H and O–H groups in total. The first-order valence-corrected chi connectivity index (χ1v) is 9.50. The van der Waals surface area contributed by atoms with Crippen molar-refractivity contribution in [2.75, 3.05) is 49.7 Å². The van der Waals surface area contributed by atoms with Gasteiger partial charge in [0.2, 0.25) is 5.91 Å². The number of anilines is 1. The monoisotopic (exact) mass is 366 g/mol. The van der Waals surface area contributed by atoms with Crippen molar-refractivity contribution in [1.29, 1.82) is 0 Å². The molecule has 1 atom stereocenters. The molecule has 136 valence electrons. The van der Waals surface area contributed by atoms with E-state index >= 15 is 0 Å². The summed E-state index contributed by atoms with van der Waals surface area (Å²) in [6.07, 6.45) is 0. The van der Waals surface area contributed by atoms with Crippen molar-refractivity contribution in [2.45, 2.75) is 13.0 Å². The highest BCUT2D eigenvalue weighted by molar-refractivity contribution is 7.99. The lowest BCUT2D eigenvalue weighted by atomic mass is 10.2. The van der Waals surface area contributed by atoms with Crippen LogP contribution in [0.25, 0.3) is 0 Å². The maximum Gasteiger partial charge on any atom is 0.324 e. The number of rotatable bonds is 5. The summed E-state index contributed by atoms with van der Waals surface area (Å²) in [5, 5.41) is 2.86. The fourth-order valence-corrected chi connectivity index (χ4v) is 3.89. The number of thioether (sulfide) groups is 1. The average Bonchev–Trinajstić information content (AvgIpc) is 2.62. The Morgan fingerprint density at radius 3 is 2.92 bits per heavy atom. The molecule has 0 aliphatic carbocycles. The topological polar surface area (TPSA) is 77.1 Å². The lowest BCUT2D eigenvalue weighted by Gasteiger charge is -2.32. The van der Waals surface area contributed by atoms with Crippen molar-refractivity contribution in [3.05, 3.63) is 18.2 Å². The summed E-state index contributed by atoms with van der Waals surface area (Å²) in [7, 11) is 0. The Morgan fingerprint density at radius 2 is 2.12 bits per heavy atom. The quantitative estimate of drug-likeness (QED) is 0.789. The van der Waals surface area contributed by atoms with Crippen molar-refractivity contribution >= 4 is 29.3 Å². The first-order valence-electron chi connectivity index (χ1n) is 8.35. The number of fused-ring (bicyclic) bond motifs is 1. The van der Waals surface area contributed by atoms with Crippen LogP contribution < -0.4 is 14.8 Å². The Morgan fingerprint density at radius 1 is 1.32 bits per heavy atom. The molecule has 2 aliphatic rings. The minimum absolute atomic E-state index is 0.151. The summed E-state index contributed by atoms with van der Waals surface area (Å²) in [6, 6.07) is 4.94. The van der Waals surface area contributed by atoms with E-state index in [9.17, 15) is 9.59 Å². The molecule has 1 aromatic carbocycles. The summed E-state index contributed by atoms with van der Waals surface area (Å²) in [5.41, 5.74) is 0.647. The predicted molar refractivity (Wildman–Crippen MR) is 95.4 cm³/mol. The molecule has 0 radical (unpaired) electrons. The molecule has 1 fully saturated rings. The van der Waals surface area contributed by atoms with Crippen LogP contribution in [0.5, 0.6) is 11.5 Å². The third-order valence-electron chi connectivity index (χ3n) is 3.97. The maximum absolute atomic E-state index is 12.4. The van der Waals surface area contributed by atoms with E-state index in [1.807, 2.05) is 4.90 Å². The minimum Gasteiger partial charge on any atom is -0.486 e. The summed E-state index contributed by atoms with van der Waals surface area (Å²) in [4.78, 5) is 26.3. The number of amides is 1. The molecule has 0 bridgehead atoms. The Balaban J connectivity index is 1.60. The molecule has 1 aromatic rings. The number of benzene rings is 1. The van der Waals surface area contributed by atoms with Gasteiger partial charge in [0.05, 0.1) is 13.2 Å². The van der Waals surface area contributed by atoms with Crippen LogP contribution in [0.2, 0.25) is 0 Å². The molecule has 1 unspecified atom stereocenters. The fraction of sp³-hybridized carbons (Fsp3) is 0.529. The molecule has 0 aromatic heterocycles. The van der Waals surface area contributed by atoms with Gasteiger partial charge in [-0.05, 0) is 19.1 Å². The Bertz CT molecular complexity index is 639. The van der Waals surface area contributed by atoms with Crippen LogP contribution in [-0.4, -0.2) is 67.2 Å². The van der Waals surface area contributed by atoms with E-state index in [1.165, 1.54) is 0 Å². The summed E-state index contributed by atoms with van der Waals surface area (Å²) in [5.74, 6) is 2.42. The maximum atomic E-state index is 12.4. The smallest absolute Gasteiger partial charge is 0.324 e. The second-order valence-corrected chi connectivity index (χ2v) is 6.87. The second-order valence-electron chi connectivity index (χ2n) is 5.72. The van der Waals surface area contributed by atoms with E-state index in [1.54, 1.807) is 36.9 Å². The summed E-state index contributed by atoms with van der Waals surface area (Å²) < 4.78 is 16.1. The van der Waals surface area contributed by atoms with Crippen molar-refractivity contribution in [1.82, 2.24) is 4.90 Å². The van der Waals surface area contributed by atoms with Gasteiger partial charge in [0.25, 0.3) is 0 Å². The molecule has 7 nitrogen and oxygen atoms in total. The molecule has 1 saturated heterocycles. The Labute approximate surface area is 151 Å². The molecule has 1 amide bonds. The number of hydrogen-bond donors (Lipinski definition) is 1. The largest absolute Gasteiger partial charge is 0.486 e. The first-order chi connectivity index (χ1) is 12.2. The van der Waals surface area contributed by atoms with Crippen LogP contribution in [0.1, 0.15) is 6.92 Å². The lowest BCUT2D eigenvalue weighted by molar-refractivity contribution is -0.148. The van der Waals surface area contributed by atoms with Crippen LogP contribution in [0.3, 0.4) is 0 Å². The summed E-state index contributed by atoms with van der Waals surface area (Å²) >= 11 is 1.70. The molecule has 2 heterocycles. The highest BCUT2D eigenvalue weighted by Gasteiger charge is 2.31. The van der Waals surface area contributed by atoms with E-state index in [4.69, 9.17) is 14.2 Å². The van der Waals surface area contributed by atoms with Crippen LogP contribution >= 0.6 is 11.8 Å². The van der Waals surface area contributed by atoms with E-state index in [2.05, 4.69) is 5.32 Å². The Hall–Kier alpha value is -1.93. The van der Waals surface area contributed by atoms with E-state index in [0.717, 1.165) is 5.75 Å². The van der Waals surface area contributed by atoms with Gasteiger partial charge in [-0.25, -0.2) is 0 Å². The van der Waals surface area contributed by atoms with Gasteiger partial charge in [-0.3, -0.25) is 14.5 Å². The molecular weight excluding hydrogens is 344 g/mol. The van der Waals surface area contributed by atoms with Crippen LogP contribution in [0, 0.1) is 0 Å². The third kappa shape index (κ3) is 4.58. The molecule has 3 rings (SSSR count). The van der Waals surface area contributed by atoms with Crippen molar-refractivity contribution in [2.24, 2.45) is 0 Å². The van der Waals surface area contributed by atoms with Gasteiger partial charge in [-0.1, -0.05) is 0 Å². The molecule has 0 saturated carbocycles. The number of carbonyl (C=O) groups is 2. The van der Waals surface area contributed by atoms with E-state index in [-0.39, 0.29) is 24.5 Å². The SMILES string of the molecule is CCOC(=O)C1CSCCN1CC(=O)Nc1ccc2c(c1)OCCO2. The minimum atomic E-state index is -0.371. The highest BCUT2D eigenvalue weighted by atomic mass is 32.2. The molecular formula is C17H22N2O5S. The number of nitrogens with one attached hydrogen (secondary N) is 1. The Kier molecular flexibility index (Phi) is 6.04. The van der Waals surface area contributed by atoms with Crippen molar-refractivity contribution in [3.8, 4) is 11.5 Å². The average molecular weight is 366 g/mol. The zero-order valence-corrected chi connectivity index (χ0v) is 15.0. The fourth-order valence-electron chi connectivity index (χ4n) is 2.79. The zero-order valence-electron chi connectivity index (χ0n) is 14.2. The second kappa shape index (κ2) is 8.44. The number of ether oxygens (including phenoxy) is 3. The molecule has 0 spiro atoms. The predicted octanol–water partition coefficient (Wildman–Crippen LogP) is 1.38. The molecule has 2 aliphatic heterocycles. The number of carbonyl (C=O) groups excluding carboxylic acids is 2. The normalized spacial score (nSPS) is 20.0. The zero-order chi connectivity index (χ0) is 17.6. The van der Waals surface area contributed by atoms with Gasteiger partial charge in [0.1, 0.15) is 19.3 Å². The van der Waals surface area contributed by atoms with Crippen LogP contribution in [0.15, 0.2) is 18.2 Å². The first kappa shape index (κ1) is 17.9. The van der Waals surface area contributed by atoms with Gasteiger partial charge < -0.3 is 19.5 Å². The third-order valence-corrected chi connectivity index (χ3v) is 4.99. The van der Waals surface area contributed by atoms with E-state index in [0.29, 0.717) is 49.3 Å². The number of esters is 1. The standard InChI is InChI=1S/C17H22N2O5S/c1-2-22-17(21)13-11-25-8-5-19(13)10-16(20)18-12-3-4-14-15(9-12)24-7-6-23-14/h3-4,9,13H,2,5-8,10-11H2,1H3,(H,18,20). The van der Waals surface area contributed by atoms with Gasteiger partial charge in [0, 0.05) is 29.8 Å². The van der Waals surface area contributed by atoms with Gasteiger partial charge >= 0.3 is 5.97 Å². The molecule has 25 heavy (non-hydrogen) atoms. The van der Waals surface area contributed by atoms with Crippen LogP contribution in [0.4, 0.5) is 5.69 Å². The van der Waals surface area contributed by atoms with Crippen molar-refractivity contribution in [3.63, 3.8) is 0 Å². The summed E-state index contributed by atoms with van der Waals surface area (Å²) in [6.45, 7) is 3.99. The molecule has 8 heteroatoms. The van der Waals surface area contributed by atoms with Gasteiger partial charge in [-0.2, -0.15) is 11.8 Å². The van der Waals surface area contributed by atoms with Crippen LogP contribution in [-0.2, 0) is 14.3 Å².